The minimum atomic E-state index is -0.722. The molecule has 194 valence electrons. The summed E-state index contributed by atoms with van der Waals surface area (Å²) in [6.07, 6.45) is 9.82. The van der Waals surface area contributed by atoms with E-state index < -0.39 is 5.44 Å². The van der Waals surface area contributed by atoms with Gasteiger partial charge in [-0.05, 0) is 73.3 Å². The molecule has 0 saturated heterocycles. The van der Waals surface area contributed by atoms with Crippen LogP contribution in [-0.4, -0.2) is 30.4 Å². The van der Waals surface area contributed by atoms with E-state index in [1.54, 1.807) is 12.3 Å². The highest BCUT2D eigenvalue weighted by atomic mass is 35.5. The lowest BCUT2D eigenvalue weighted by Crippen LogP contribution is -2.55. The number of aromatic nitrogens is 1. The molecule has 0 amide bonds. The van der Waals surface area contributed by atoms with Crippen molar-refractivity contribution in [1.82, 2.24) is 21.0 Å². The molecule has 1 atom stereocenters. The van der Waals surface area contributed by atoms with E-state index >= 15 is 0 Å². The fourth-order valence-electron chi connectivity index (χ4n) is 6.37. The highest BCUT2D eigenvalue weighted by molar-refractivity contribution is 6.36. The van der Waals surface area contributed by atoms with E-state index in [1.165, 1.54) is 19.3 Å². The Hall–Kier alpha value is -3.92. The maximum absolute atomic E-state index is 9.90. The molecule has 4 N–H and O–H groups in total. The molecule has 2 bridgehead atoms. The van der Waals surface area contributed by atoms with Crippen LogP contribution >= 0.6 is 11.6 Å². The van der Waals surface area contributed by atoms with Crippen LogP contribution in [0.25, 0.3) is 10.9 Å². The first-order valence-corrected chi connectivity index (χ1v) is 13.8. The third-order valence-corrected chi connectivity index (χ3v) is 9.17. The van der Waals surface area contributed by atoms with Gasteiger partial charge in [0.15, 0.2) is 0 Å². The molecule has 4 saturated carbocycles. The number of fused-ring (bicyclic) bond motifs is 1. The van der Waals surface area contributed by atoms with E-state index in [2.05, 4.69) is 57.8 Å². The molecule has 3 aromatic rings. The van der Waals surface area contributed by atoms with Crippen LogP contribution in [0.4, 0.5) is 11.4 Å². The van der Waals surface area contributed by atoms with E-state index in [-0.39, 0.29) is 0 Å². The minimum absolute atomic E-state index is 0.373. The van der Waals surface area contributed by atoms with Crippen LogP contribution < -0.4 is 21.6 Å². The van der Waals surface area contributed by atoms with Crippen molar-refractivity contribution in [1.29, 1.82) is 10.5 Å². The van der Waals surface area contributed by atoms with E-state index in [9.17, 15) is 10.5 Å². The molecule has 10 heteroatoms. The van der Waals surface area contributed by atoms with Crippen molar-refractivity contribution in [3.8, 4) is 12.1 Å². The van der Waals surface area contributed by atoms with Gasteiger partial charge in [-0.15, -0.1) is 5.53 Å². The van der Waals surface area contributed by atoms with Gasteiger partial charge < -0.3 is 16.1 Å². The first-order valence-electron chi connectivity index (χ1n) is 13.5. The second-order valence-corrected chi connectivity index (χ2v) is 12.1. The number of pyridine rings is 1. The van der Waals surface area contributed by atoms with E-state index in [4.69, 9.17) is 11.6 Å². The molecule has 2 heterocycles. The van der Waals surface area contributed by atoms with Gasteiger partial charge in [-0.1, -0.05) is 23.7 Å². The zero-order valence-corrected chi connectivity index (χ0v) is 22.4. The van der Waals surface area contributed by atoms with Gasteiger partial charge in [0.2, 0.25) is 0 Å². The van der Waals surface area contributed by atoms with Crippen LogP contribution in [0, 0.1) is 34.0 Å². The van der Waals surface area contributed by atoms with Gasteiger partial charge in [0.05, 0.1) is 44.6 Å². The number of nitrogens with one attached hydrogen (secondary N) is 4. The summed E-state index contributed by atoms with van der Waals surface area (Å²) in [4.78, 5) is 4.53. The standard InChI is InChI=1S/C29H28BClN8/c30-29(20-3-1-2-17(6-20)12-32,25-15-39(38-37-25)22-4-5-22)36-21-7-23-26(35-16-28-9-18(10-28)11-28)19(13-33)14-34-27(23)24(31)8-21/h1-3,6-8,14-15,18,22,36-38H,4-5,9-11,16,30H2,(H,34,35). The Balaban J connectivity index is 1.30. The predicted octanol–water partition coefficient (Wildman–Crippen LogP) is 4.07. The largest absolute Gasteiger partial charge is 0.383 e. The molecule has 39 heavy (non-hydrogen) atoms. The third-order valence-electron chi connectivity index (χ3n) is 8.88. The van der Waals surface area contributed by atoms with Crippen LogP contribution in [0.15, 0.2) is 54.5 Å². The topological polar surface area (TPSA) is 112 Å². The molecule has 0 spiro atoms. The Labute approximate surface area is 233 Å². The first-order chi connectivity index (χ1) is 18.9. The Kier molecular flexibility index (Phi) is 5.45. The summed E-state index contributed by atoms with van der Waals surface area (Å²) < 4.78 is 0. The van der Waals surface area contributed by atoms with Crippen LogP contribution in [-0.2, 0) is 5.44 Å². The molecule has 1 aromatic heterocycles. The Morgan fingerprint density at radius 2 is 2.00 bits per heavy atom. The van der Waals surface area contributed by atoms with Crippen molar-refractivity contribution in [2.24, 2.45) is 11.3 Å². The molecule has 1 aliphatic heterocycles. The van der Waals surface area contributed by atoms with E-state index in [0.717, 1.165) is 53.3 Å². The molecule has 4 aliphatic carbocycles. The van der Waals surface area contributed by atoms with Crippen molar-refractivity contribution >= 4 is 41.7 Å². The van der Waals surface area contributed by atoms with Gasteiger partial charge in [0, 0.05) is 36.1 Å². The maximum Gasteiger partial charge on any atom is 0.148 e. The summed E-state index contributed by atoms with van der Waals surface area (Å²) in [5, 5.41) is 30.2. The molecule has 8 rings (SSSR count). The summed E-state index contributed by atoms with van der Waals surface area (Å²) in [5.41, 5.74) is 11.5. The molecule has 8 nitrogen and oxygen atoms in total. The highest BCUT2D eigenvalue weighted by Crippen LogP contribution is 2.64. The number of nitrogens with zero attached hydrogens (tertiary/aromatic N) is 4. The lowest BCUT2D eigenvalue weighted by Gasteiger charge is -2.62. The number of rotatable bonds is 8. The number of anilines is 2. The van der Waals surface area contributed by atoms with E-state index in [1.807, 2.05) is 30.3 Å². The smallest absolute Gasteiger partial charge is 0.148 e. The van der Waals surface area contributed by atoms with E-state index in [0.29, 0.717) is 33.1 Å². The van der Waals surface area contributed by atoms with Crippen molar-refractivity contribution in [3.05, 3.63) is 76.2 Å². The zero-order valence-electron chi connectivity index (χ0n) is 21.7. The summed E-state index contributed by atoms with van der Waals surface area (Å²) in [5.74, 6) is 0.891. The quantitative estimate of drug-likeness (QED) is 0.320. The highest BCUT2D eigenvalue weighted by Gasteiger charge is 2.56. The van der Waals surface area contributed by atoms with Crippen molar-refractivity contribution in [2.75, 3.05) is 17.2 Å². The van der Waals surface area contributed by atoms with Crippen LogP contribution in [0.5, 0.6) is 0 Å². The fourth-order valence-corrected chi connectivity index (χ4v) is 6.64. The summed E-state index contributed by atoms with van der Waals surface area (Å²) in [6, 6.07) is 16.6. The SMILES string of the molecule is BC(Nc1cc(Cl)c2ncc(C#N)c(NCC34CC(C3)C4)c2c1)(C1=CN(C2CC2)NN1)c1cccc(C#N)c1. The Bertz CT molecular complexity index is 1600. The molecule has 5 aliphatic rings. The zero-order chi connectivity index (χ0) is 26.8. The molecule has 2 aromatic carbocycles. The first kappa shape index (κ1) is 24.1. The maximum atomic E-state index is 9.90. The minimum Gasteiger partial charge on any atom is -0.383 e. The van der Waals surface area contributed by atoms with Gasteiger partial charge in [-0.3, -0.25) is 9.99 Å². The Morgan fingerprint density at radius 1 is 1.18 bits per heavy atom. The van der Waals surface area contributed by atoms with Gasteiger partial charge in [-0.25, -0.2) is 0 Å². The second kappa shape index (κ2) is 8.81. The molecule has 4 fully saturated rings. The predicted molar refractivity (Wildman–Crippen MR) is 154 cm³/mol. The monoisotopic (exact) mass is 534 g/mol. The number of hydrogen-bond donors (Lipinski definition) is 4. The number of halogens is 1. The van der Waals surface area contributed by atoms with Crippen molar-refractivity contribution in [3.63, 3.8) is 0 Å². The second-order valence-electron chi connectivity index (χ2n) is 11.7. The summed E-state index contributed by atoms with van der Waals surface area (Å²) in [7, 11) is 2.09. The van der Waals surface area contributed by atoms with Crippen LogP contribution in [0.3, 0.4) is 0 Å². The lowest BCUT2D eigenvalue weighted by molar-refractivity contribution is -0.0929. The number of hydrazine groups is 2. The van der Waals surface area contributed by atoms with Crippen molar-refractivity contribution < 1.29 is 0 Å². The van der Waals surface area contributed by atoms with Crippen molar-refractivity contribution in [2.45, 2.75) is 43.6 Å². The molecular weight excluding hydrogens is 507 g/mol. The van der Waals surface area contributed by atoms with Gasteiger partial charge in [-0.2, -0.15) is 10.5 Å². The summed E-state index contributed by atoms with van der Waals surface area (Å²) in [6.45, 7) is 0.852. The molecule has 1 unspecified atom stereocenters. The summed E-state index contributed by atoms with van der Waals surface area (Å²) >= 11 is 6.81. The van der Waals surface area contributed by atoms with Gasteiger partial charge in [0.1, 0.15) is 13.9 Å². The Morgan fingerprint density at radius 3 is 2.69 bits per heavy atom. The van der Waals surface area contributed by atoms with Crippen LogP contribution in [0.1, 0.15) is 48.8 Å². The lowest BCUT2D eigenvalue weighted by atomic mass is 9.44. The average Bonchev–Trinajstić information content (AvgIpc) is 3.62. The fraction of sp³-hybridized carbons (Fsp3) is 0.345. The number of benzene rings is 2. The van der Waals surface area contributed by atoms with Crippen LogP contribution in [0.2, 0.25) is 5.02 Å². The number of hydrogen-bond acceptors (Lipinski definition) is 8. The molecule has 0 radical (unpaired) electrons. The normalized spacial score (nSPS) is 24.3. The molecular formula is C29H28BClN8. The third kappa shape index (κ3) is 4.05. The number of nitriles is 2. The van der Waals surface area contributed by atoms with Gasteiger partial charge >= 0.3 is 0 Å². The average molecular weight is 535 g/mol. The van der Waals surface area contributed by atoms with Gasteiger partial charge in [0.25, 0.3) is 0 Å².